The molecule has 0 heterocycles. The van der Waals surface area contributed by atoms with Crippen LogP contribution in [0.4, 0.5) is 4.39 Å². The standard InChI is InChI=1S/C26H28FNO4S/c1-26(2,3)22-11-9-21(10-12-22)25(29)28(17-19-5-13-23(27)14-6-19)18-20-7-15-24(16-8-20)32-33(4,30)31/h5-16H,17-18H2,1-4H3. The van der Waals surface area contributed by atoms with Gasteiger partial charge in [-0.15, -0.1) is 0 Å². The number of rotatable bonds is 7. The summed E-state index contributed by atoms with van der Waals surface area (Å²) >= 11 is 0. The van der Waals surface area contributed by atoms with Crippen LogP contribution in [0.15, 0.2) is 72.8 Å². The molecule has 3 aromatic rings. The lowest BCUT2D eigenvalue weighted by Gasteiger charge is -2.24. The van der Waals surface area contributed by atoms with Gasteiger partial charge in [0.05, 0.1) is 6.26 Å². The Labute approximate surface area is 194 Å². The summed E-state index contributed by atoms with van der Waals surface area (Å²) in [5.41, 5.74) is 3.27. The Morgan fingerprint density at radius 3 is 1.79 bits per heavy atom. The minimum atomic E-state index is -3.62. The second kappa shape index (κ2) is 9.75. The normalized spacial score (nSPS) is 11.8. The van der Waals surface area contributed by atoms with Crippen molar-refractivity contribution in [2.24, 2.45) is 0 Å². The molecule has 5 nitrogen and oxygen atoms in total. The van der Waals surface area contributed by atoms with Crippen molar-refractivity contribution in [3.8, 4) is 5.75 Å². The van der Waals surface area contributed by atoms with Gasteiger partial charge in [0, 0.05) is 18.7 Å². The topological polar surface area (TPSA) is 63.7 Å². The zero-order valence-corrected chi connectivity index (χ0v) is 20.0. The number of hydrogen-bond acceptors (Lipinski definition) is 4. The van der Waals surface area contributed by atoms with Gasteiger partial charge in [0.15, 0.2) is 0 Å². The molecule has 33 heavy (non-hydrogen) atoms. The highest BCUT2D eigenvalue weighted by Crippen LogP contribution is 2.23. The van der Waals surface area contributed by atoms with E-state index >= 15 is 0 Å². The first kappa shape index (κ1) is 24.5. The Balaban J connectivity index is 1.85. The molecule has 3 rings (SSSR count). The van der Waals surface area contributed by atoms with E-state index in [1.807, 2.05) is 24.3 Å². The molecule has 0 saturated heterocycles. The molecule has 0 aliphatic rings. The fraction of sp³-hybridized carbons (Fsp3) is 0.269. The van der Waals surface area contributed by atoms with Crippen LogP contribution in [0.3, 0.4) is 0 Å². The van der Waals surface area contributed by atoms with Crippen molar-refractivity contribution in [3.63, 3.8) is 0 Å². The molecular weight excluding hydrogens is 441 g/mol. The fourth-order valence-corrected chi connectivity index (χ4v) is 3.81. The number of amides is 1. The van der Waals surface area contributed by atoms with Crippen LogP contribution in [-0.2, 0) is 28.6 Å². The van der Waals surface area contributed by atoms with Crippen LogP contribution in [0, 0.1) is 5.82 Å². The first-order chi connectivity index (χ1) is 15.4. The van der Waals surface area contributed by atoms with E-state index in [1.54, 1.807) is 41.3 Å². The average Bonchev–Trinajstić information content (AvgIpc) is 2.74. The number of carbonyl (C=O) groups excluding carboxylic acids is 1. The zero-order valence-electron chi connectivity index (χ0n) is 19.2. The molecule has 174 valence electrons. The summed E-state index contributed by atoms with van der Waals surface area (Å²) in [6, 6.07) is 20.1. The van der Waals surface area contributed by atoms with Gasteiger partial charge in [-0.05, 0) is 58.5 Å². The van der Waals surface area contributed by atoms with Crippen molar-refractivity contribution in [3.05, 3.63) is 101 Å². The molecule has 0 bridgehead atoms. The minimum Gasteiger partial charge on any atom is -0.383 e. The van der Waals surface area contributed by atoms with Gasteiger partial charge >= 0.3 is 10.1 Å². The molecule has 1 amide bonds. The van der Waals surface area contributed by atoms with Gasteiger partial charge < -0.3 is 9.08 Å². The number of carbonyl (C=O) groups is 1. The molecule has 0 unspecified atom stereocenters. The van der Waals surface area contributed by atoms with Gasteiger partial charge in [0.25, 0.3) is 5.91 Å². The minimum absolute atomic E-state index is 0.0227. The van der Waals surface area contributed by atoms with Crippen LogP contribution >= 0.6 is 0 Å². The lowest BCUT2D eigenvalue weighted by Crippen LogP contribution is -2.30. The van der Waals surface area contributed by atoms with Crippen molar-refractivity contribution < 1.29 is 21.8 Å². The van der Waals surface area contributed by atoms with E-state index in [0.717, 1.165) is 22.9 Å². The molecular formula is C26H28FNO4S. The molecule has 0 aliphatic carbocycles. The summed E-state index contributed by atoms with van der Waals surface area (Å²) in [5.74, 6) is -0.289. The van der Waals surface area contributed by atoms with Crippen LogP contribution in [0.2, 0.25) is 0 Å². The van der Waals surface area contributed by atoms with Crippen LogP contribution in [0.1, 0.15) is 47.8 Å². The van der Waals surface area contributed by atoms with Gasteiger partial charge in [0.1, 0.15) is 11.6 Å². The van der Waals surface area contributed by atoms with Crippen molar-refractivity contribution in [2.45, 2.75) is 39.3 Å². The quantitative estimate of drug-likeness (QED) is 0.440. The number of nitrogens with zero attached hydrogens (tertiary/aromatic N) is 1. The first-order valence-electron chi connectivity index (χ1n) is 10.5. The summed E-state index contributed by atoms with van der Waals surface area (Å²) in [6.07, 6.45) is 0.981. The summed E-state index contributed by atoms with van der Waals surface area (Å²) in [7, 11) is -3.62. The molecule has 0 N–H and O–H groups in total. The first-order valence-corrected chi connectivity index (χ1v) is 12.3. The van der Waals surface area contributed by atoms with E-state index < -0.39 is 10.1 Å². The Kier molecular flexibility index (Phi) is 7.22. The van der Waals surface area contributed by atoms with Gasteiger partial charge in [-0.3, -0.25) is 4.79 Å². The van der Waals surface area contributed by atoms with Gasteiger partial charge in [0.2, 0.25) is 0 Å². The molecule has 0 atom stereocenters. The van der Waals surface area contributed by atoms with E-state index in [2.05, 4.69) is 20.8 Å². The highest BCUT2D eigenvalue weighted by atomic mass is 32.2. The van der Waals surface area contributed by atoms with E-state index in [0.29, 0.717) is 12.1 Å². The van der Waals surface area contributed by atoms with Gasteiger partial charge in [-0.2, -0.15) is 8.42 Å². The smallest absolute Gasteiger partial charge is 0.306 e. The number of hydrogen-bond donors (Lipinski definition) is 0. The van der Waals surface area contributed by atoms with Crippen molar-refractivity contribution in [1.29, 1.82) is 0 Å². The number of halogens is 1. The predicted octanol–water partition coefficient (Wildman–Crippen LogP) is 5.30. The van der Waals surface area contributed by atoms with Gasteiger partial charge in [-0.1, -0.05) is 57.2 Å². The summed E-state index contributed by atoms with van der Waals surface area (Å²) in [5, 5.41) is 0. The summed E-state index contributed by atoms with van der Waals surface area (Å²) < 4.78 is 40.9. The molecule has 3 aromatic carbocycles. The molecule has 0 spiro atoms. The summed E-state index contributed by atoms with van der Waals surface area (Å²) in [6.45, 7) is 6.92. The van der Waals surface area contributed by atoms with Crippen molar-refractivity contribution in [2.75, 3.05) is 6.26 Å². The lowest BCUT2D eigenvalue weighted by atomic mass is 9.86. The van der Waals surface area contributed by atoms with Crippen LogP contribution < -0.4 is 4.18 Å². The average molecular weight is 470 g/mol. The second-order valence-corrected chi connectivity index (χ2v) is 10.6. The number of benzene rings is 3. The summed E-state index contributed by atoms with van der Waals surface area (Å²) in [4.78, 5) is 15.1. The Bertz CT molecular complexity index is 1200. The largest absolute Gasteiger partial charge is 0.383 e. The maximum Gasteiger partial charge on any atom is 0.306 e. The Hall–Kier alpha value is -3.19. The zero-order chi connectivity index (χ0) is 24.2. The molecule has 7 heteroatoms. The molecule has 0 radical (unpaired) electrons. The predicted molar refractivity (Wildman–Crippen MR) is 127 cm³/mol. The SMILES string of the molecule is CC(C)(C)c1ccc(C(=O)N(Cc2ccc(F)cc2)Cc2ccc(OS(C)(=O)=O)cc2)cc1. The second-order valence-electron chi connectivity index (χ2n) is 9.05. The van der Waals surface area contributed by atoms with E-state index in [-0.39, 0.29) is 29.4 Å². The van der Waals surface area contributed by atoms with Crippen LogP contribution in [0.25, 0.3) is 0 Å². The van der Waals surface area contributed by atoms with Crippen molar-refractivity contribution >= 4 is 16.0 Å². The Morgan fingerprint density at radius 1 is 0.848 bits per heavy atom. The van der Waals surface area contributed by atoms with E-state index in [9.17, 15) is 17.6 Å². The third kappa shape index (κ3) is 7.15. The highest BCUT2D eigenvalue weighted by molar-refractivity contribution is 7.86. The highest BCUT2D eigenvalue weighted by Gasteiger charge is 2.19. The fourth-order valence-electron chi connectivity index (χ4n) is 3.35. The molecule has 0 fully saturated rings. The van der Waals surface area contributed by atoms with Crippen molar-refractivity contribution in [1.82, 2.24) is 4.90 Å². The Morgan fingerprint density at radius 2 is 1.33 bits per heavy atom. The molecule has 0 aromatic heterocycles. The molecule has 0 aliphatic heterocycles. The monoisotopic (exact) mass is 469 g/mol. The van der Waals surface area contributed by atoms with E-state index in [1.165, 1.54) is 12.1 Å². The maximum atomic E-state index is 13.4. The maximum absolute atomic E-state index is 13.4. The van der Waals surface area contributed by atoms with E-state index in [4.69, 9.17) is 4.18 Å². The third-order valence-electron chi connectivity index (χ3n) is 5.12. The molecule has 0 saturated carbocycles. The van der Waals surface area contributed by atoms with Crippen LogP contribution in [0.5, 0.6) is 5.75 Å². The van der Waals surface area contributed by atoms with Gasteiger partial charge in [-0.25, -0.2) is 4.39 Å². The third-order valence-corrected chi connectivity index (χ3v) is 5.61. The van der Waals surface area contributed by atoms with Crippen LogP contribution in [-0.4, -0.2) is 25.5 Å². The lowest BCUT2D eigenvalue weighted by molar-refractivity contribution is 0.0730.